The molecule has 22 heavy (non-hydrogen) atoms. The van der Waals surface area contributed by atoms with E-state index in [0.717, 1.165) is 46.7 Å². The molecule has 0 radical (unpaired) electrons. The van der Waals surface area contributed by atoms with Crippen LogP contribution in [0, 0.1) is 0 Å². The molecule has 1 N–H and O–H groups in total. The number of fused-ring (bicyclic) bond motifs is 1. The number of benzene rings is 2. The van der Waals surface area contributed by atoms with Gasteiger partial charge in [-0.15, -0.1) is 12.4 Å². The molecule has 0 spiro atoms. The standard InChI is InChI=1S/C17H19BrN2O.ClH/c1-19-16-6-8-20(9-7-16)17(21)14-3-2-13-11-15(18)5-4-12(13)10-14;/h2-5,10-11,16,19H,6-9H2,1H3;1H. The van der Waals surface area contributed by atoms with Crippen molar-refractivity contribution < 1.29 is 4.79 Å². The fourth-order valence-corrected chi connectivity index (χ4v) is 3.28. The van der Waals surface area contributed by atoms with Crippen LogP contribution in [0.3, 0.4) is 0 Å². The summed E-state index contributed by atoms with van der Waals surface area (Å²) in [5.74, 6) is 0.148. The molecule has 5 heteroatoms. The van der Waals surface area contributed by atoms with Crippen molar-refractivity contribution in [2.75, 3.05) is 20.1 Å². The second-order valence-electron chi connectivity index (χ2n) is 5.56. The quantitative estimate of drug-likeness (QED) is 0.854. The molecule has 2 aromatic rings. The molecule has 0 atom stereocenters. The Morgan fingerprint density at radius 1 is 1.14 bits per heavy atom. The number of nitrogens with zero attached hydrogens (tertiary/aromatic N) is 1. The highest BCUT2D eigenvalue weighted by Crippen LogP contribution is 2.22. The number of rotatable bonds is 2. The lowest BCUT2D eigenvalue weighted by Crippen LogP contribution is -2.43. The highest BCUT2D eigenvalue weighted by Gasteiger charge is 2.22. The Morgan fingerprint density at radius 2 is 1.77 bits per heavy atom. The Hall–Kier alpha value is -1.10. The molecule has 1 amide bonds. The number of hydrogen-bond donors (Lipinski definition) is 1. The number of halogens is 2. The van der Waals surface area contributed by atoms with Crippen molar-refractivity contribution in [1.82, 2.24) is 10.2 Å². The summed E-state index contributed by atoms with van der Waals surface area (Å²) in [6.07, 6.45) is 2.06. The second-order valence-corrected chi connectivity index (χ2v) is 6.48. The molecule has 1 heterocycles. The smallest absolute Gasteiger partial charge is 0.253 e. The van der Waals surface area contributed by atoms with Crippen molar-refractivity contribution in [2.24, 2.45) is 0 Å². The second kappa shape index (κ2) is 7.44. The van der Waals surface area contributed by atoms with Crippen LogP contribution in [-0.4, -0.2) is 37.0 Å². The molecule has 0 bridgehead atoms. The van der Waals surface area contributed by atoms with E-state index in [1.54, 1.807) is 0 Å². The van der Waals surface area contributed by atoms with E-state index in [-0.39, 0.29) is 18.3 Å². The largest absolute Gasteiger partial charge is 0.339 e. The number of amides is 1. The number of likely N-dealkylation sites (tertiary alicyclic amines) is 1. The molecule has 1 aliphatic rings. The van der Waals surface area contributed by atoms with Crippen LogP contribution in [0.4, 0.5) is 0 Å². The van der Waals surface area contributed by atoms with Crippen molar-refractivity contribution in [2.45, 2.75) is 18.9 Å². The van der Waals surface area contributed by atoms with Crippen LogP contribution in [0.1, 0.15) is 23.2 Å². The van der Waals surface area contributed by atoms with E-state index in [2.05, 4.69) is 27.3 Å². The van der Waals surface area contributed by atoms with Gasteiger partial charge in [-0.05, 0) is 54.9 Å². The molecule has 1 aliphatic heterocycles. The van der Waals surface area contributed by atoms with Crippen molar-refractivity contribution in [1.29, 1.82) is 0 Å². The van der Waals surface area contributed by atoms with Gasteiger partial charge in [0.25, 0.3) is 5.91 Å². The normalized spacial score (nSPS) is 15.6. The van der Waals surface area contributed by atoms with Crippen LogP contribution in [0.5, 0.6) is 0 Å². The van der Waals surface area contributed by atoms with E-state index in [9.17, 15) is 4.79 Å². The van der Waals surface area contributed by atoms with Gasteiger partial charge in [0.05, 0.1) is 0 Å². The minimum atomic E-state index is 0. The fraction of sp³-hybridized carbons (Fsp3) is 0.353. The van der Waals surface area contributed by atoms with Gasteiger partial charge in [0.1, 0.15) is 0 Å². The Balaban J connectivity index is 0.00000176. The number of carbonyl (C=O) groups excluding carboxylic acids is 1. The third kappa shape index (κ3) is 3.62. The number of nitrogens with one attached hydrogen (secondary N) is 1. The van der Waals surface area contributed by atoms with Crippen LogP contribution in [0.25, 0.3) is 10.8 Å². The summed E-state index contributed by atoms with van der Waals surface area (Å²) in [5, 5.41) is 5.54. The molecule has 0 aliphatic carbocycles. The molecule has 1 saturated heterocycles. The minimum Gasteiger partial charge on any atom is -0.339 e. The van der Waals surface area contributed by atoms with Gasteiger partial charge in [0.2, 0.25) is 0 Å². The van der Waals surface area contributed by atoms with Crippen molar-refractivity contribution in [3.05, 3.63) is 46.4 Å². The predicted molar refractivity (Wildman–Crippen MR) is 96.9 cm³/mol. The zero-order valence-corrected chi connectivity index (χ0v) is 14.9. The SMILES string of the molecule is CNC1CCN(C(=O)c2ccc3cc(Br)ccc3c2)CC1.Cl. The molecule has 2 aromatic carbocycles. The Labute approximate surface area is 145 Å². The zero-order valence-electron chi connectivity index (χ0n) is 12.5. The molecule has 0 saturated carbocycles. The Morgan fingerprint density at radius 3 is 2.45 bits per heavy atom. The third-order valence-corrected chi connectivity index (χ3v) is 4.73. The third-order valence-electron chi connectivity index (χ3n) is 4.24. The number of hydrogen-bond acceptors (Lipinski definition) is 2. The number of carbonyl (C=O) groups is 1. The van der Waals surface area contributed by atoms with Crippen molar-refractivity contribution in [3.8, 4) is 0 Å². The maximum atomic E-state index is 12.6. The van der Waals surface area contributed by atoms with Crippen LogP contribution < -0.4 is 5.32 Å². The predicted octanol–water partition coefficient (Wildman–Crippen LogP) is 3.85. The van der Waals surface area contributed by atoms with Gasteiger partial charge in [-0.1, -0.05) is 28.1 Å². The van der Waals surface area contributed by atoms with Crippen LogP contribution >= 0.6 is 28.3 Å². The summed E-state index contributed by atoms with van der Waals surface area (Å²) in [7, 11) is 1.99. The summed E-state index contributed by atoms with van der Waals surface area (Å²) in [5.41, 5.74) is 0.785. The summed E-state index contributed by atoms with van der Waals surface area (Å²) >= 11 is 3.47. The molecule has 3 rings (SSSR count). The van der Waals surface area contributed by atoms with E-state index < -0.39 is 0 Å². The molecule has 0 unspecified atom stereocenters. The number of piperidine rings is 1. The lowest BCUT2D eigenvalue weighted by atomic mass is 10.0. The van der Waals surface area contributed by atoms with Crippen LogP contribution in [-0.2, 0) is 0 Å². The molecular weight excluding hydrogens is 364 g/mol. The maximum Gasteiger partial charge on any atom is 0.253 e. The Bertz CT molecular complexity index is 669. The van der Waals surface area contributed by atoms with Crippen LogP contribution in [0.15, 0.2) is 40.9 Å². The lowest BCUT2D eigenvalue weighted by Gasteiger charge is -2.31. The van der Waals surface area contributed by atoms with Crippen molar-refractivity contribution in [3.63, 3.8) is 0 Å². The van der Waals surface area contributed by atoms with Gasteiger partial charge in [-0.25, -0.2) is 0 Å². The molecule has 3 nitrogen and oxygen atoms in total. The van der Waals surface area contributed by atoms with Gasteiger partial charge < -0.3 is 10.2 Å². The lowest BCUT2D eigenvalue weighted by molar-refractivity contribution is 0.0707. The summed E-state index contributed by atoms with van der Waals surface area (Å²) in [6.45, 7) is 1.67. The first-order chi connectivity index (χ1) is 10.2. The summed E-state index contributed by atoms with van der Waals surface area (Å²) in [6, 6.07) is 12.6. The first kappa shape index (κ1) is 17.3. The van der Waals surface area contributed by atoms with E-state index >= 15 is 0 Å². The van der Waals surface area contributed by atoms with Gasteiger partial charge in [0.15, 0.2) is 0 Å². The highest BCUT2D eigenvalue weighted by atomic mass is 79.9. The fourth-order valence-electron chi connectivity index (χ4n) is 2.90. The first-order valence-electron chi connectivity index (χ1n) is 7.33. The maximum absolute atomic E-state index is 12.6. The molecule has 1 fully saturated rings. The van der Waals surface area contributed by atoms with E-state index in [1.165, 1.54) is 0 Å². The average molecular weight is 384 g/mol. The van der Waals surface area contributed by atoms with E-state index in [1.807, 2.05) is 42.3 Å². The monoisotopic (exact) mass is 382 g/mol. The molecular formula is C17H20BrClN2O. The molecule has 0 aromatic heterocycles. The van der Waals surface area contributed by atoms with Crippen LogP contribution in [0.2, 0.25) is 0 Å². The van der Waals surface area contributed by atoms with E-state index in [0.29, 0.717) is 6.04 Å². The van der Waals surface area contributed by atoms with E-state index in [4.69, 9.17) is 0 Å². The average Bonchev–Trinajstić information content (AvgIpc) is 2.53. The molecule has 118 valence electrons. The topological polar surface area (TPSA) is 32.3 Å². The van der Waals surface area contributed by atoms with Gasteiger partial charge in [-0.3, -0.25) is 4.79 Å². The minimum absolute atomic E-state index is 0. The van der Waals surface area contributed by atoms with Gasteiger partial charge in [0, 0.05) is 29.2 Å². The van der Waals surface area contributed by atoms with Crippen molar-refractivity contribution >= 4 is 45.0 Å². The van der Waals surface area contributed by atoms with Gasteiger partial charge >= 0.3 is 0 Å². The summed E-state index contributed by atoms with van der Waals surface area (Å²) < 4.78 is 1.06. The first-order valence-corrected chi connectivity index (χ1v) is 8.12. The van der Waals surface area contributed by atoms with Gasteiger partial charge in [-0.2, -0.15) is 0 Å². The highest BCUT2D eigenvalue weighted by molar-refractivity contribution is 9.10. The Kier molecular flexibility index (Phi) is 5.84. The summed E-state index contributed by atoms with van der Waals surface area (Å²) in [4.78, 5) is 14.6. The zero-order chi connectivity index (χ0) is 14.8.